The first-order chi connectivity index (χ1) is 11.2. The number of ketones is 1. The highest BCUT2D eigenvalue weighted by Gasteiger charge is 2.11. The zero-order chi connectivity index (χ0) is 16.1. The van der Waals surface area contributed by atoms with Crippen LogP contribution in [0.3, 0.4) is 0 Å². The van der Waals surface area contributed by atoms with Gasteiger partial charge in [-0.25, -0.2) is 9.97 Å². The van der Waals surface area contributed by atoms with Crippen molar-refractivity contribution in [3.8, 4) is 5.75 Å². The predicted octanol–water partition coefficient (Wildman–Crippen LogP) is 3.60. The highest BCUT2D eigenvalue weighted by Crippen LogP contribution is 2.16. The van der Waals surface area contributed by atoms with E-state index in [0.29, 0.717) is 23.7 Å². The van der Waals surface area contributed by atoms with E-state index >= 15 is 0 Å². The Balaban J connectivity index is 1.68. The number of carbonyl (C=O) groups is 1. The monoisotopic (exact) mass is 304 g/mol. The zero-order valence-electron chi connectivity index (χ0n) is 12.8. The van der Waals surface area contributed by atoms with Crippen molar-refractivity contribution in [2.45, 2.75) is 13.5 Å². The van der Waals surface area contributed by atoms with Crippen molar-refractivity contribution in [3.63, 3.8) is 0 Å². The van der Waals surface area contributed by atoms with Crippen LogP contribution >= 0.6 is 0 Å². The molecule has 1 aromatic heterocycles. The molecule has 114 valence electrons. The molecule has 4 heteroatoms. The fourth-order valence-electron chi connectivity index (χ4n) is 2.17. The van der Waals surface area contributed by atoms with Crippen LogP contribution in [0, 0.1) is 6.92 Å². The Labute approximate surface area is 134 Å². The molecule has 0 atom stereocenters. The van der Waals surface area contributed by atoms with Crippen LogP contribution < -0.4 is 4.74 Å². The summed E-state index contributed by atoms with van der Waals surface area (Å²) in [5.74, 6) is 1.19. The molecule has 23 heavy (non-hydrogen) atoms. The molecule has 1 heterocycles. The Hall–Kier alpha value is -3.01. The summed E-state index contributed by atoms with van der Waals surface area (Å²) in [6.07, 6.45) is 1.59. The Kier molecular flexibility index (Phi) is 4.43. The van der Waals surface area contributed by atoms with Crippen LogP contribution in [0.1, 0.15) is 27.4 Å². The van der Waals surface area contributed by atoms with Crippen LogP contribution in [0.15, 0.2) is 66.9 Å². The van der Waals surface area contributed by atoms with Crippen LogP contribution in [0.4, 0.5) is 0 Å². The summed E-state index contributed by atoms with van der Waals surface area (Å²) in [5, 5.41) is 0. The first-order valence-electron chi connectivity index (χ1n) is 7.33. The molecule has 0 N–H and O–H groups in total. The highest BCUT2D eigenvalue weighted by atomic mass is 16.5. The molecular formula is C19H16N2O2. The van der Waals surface area contributed by atoms with Gasteiger partial charge in [0.05, 0.1) is 0 Å². The van der Waals surface area contributed by atoms with E-state index in [1.165, 1.54) is 0 Å². The number of hydrogen-bond donors (Lipinski definition) is 0. The summed E-state index contributed by atoms with van der Waals surface area (Å²) in [7, 11) is 0. The molecule has 3 rings (SSSR count). The zero-order valence-corrected chi connectivity index (χ0v) is 12.8. The van der Waals surface area contributed by atoms with Crippen molar-refractivity contribution in [1.82, 2.24) is 9.97 Å². The third kappa shape index (κ3) is 3.80. The molecule has 0 unspecified atom stereocenters. The van der Waals surface area contributed by atoms with Gasteiger partial charge in [-0.3, -0.25) is 4.79 Å². The van der Waals surface area contributed by atoms with E-state index in [1.54, 1.807) is 43.5 Å². The first-order valence-corrected chi connectivity index (χ1v) is 7.33. The second kappa shape index (κ2) is 6.83. The lowest BCUT2D eigenvalue weighted by Gasteiger charge is -2.07. The molecule has 0 spiro atoms. The van der Waals surface area contributed by atoms with Gasteiger partial charge in [-0.05, 0) is 42.8 Å². The van der Waals surface area contributed by atoms with Gasteiger partial charge in [-0.1, -0.05) is 30.3 Å². The fourth-order valence-corrected chi connectivity index (χ4v) is 2.17. The number of benzene rings is 2. The summed E-state index contributed by atoms with van der Waals surface area (Å²) in [5.41, 5.74) is 2.08. The van der Waals surface area contributed by atoms with Crippen LogP contribution in [-0.4, -0.2) is 15.8 Å². The number of ether oxygens (including phenoxy) is 1. The third-order valence-corrected chi connectivity index (χ3v) is 3.37. The number of aromatic nitrogens is 2. The molecule has 0 fully saturated rings. The summed E-state index contributed by atoms with van der Waals surface area (Å²) >= 11 is 0. The molecule has 4 nitrogen and oxygen atoms in total. The molecule has 0 aliphatic carbocycles. The van der Waals surface area contributed by atoms with Crippen molar-refractivity contribution in [3.05, 3.63) is 89.5 Å². The summed E-state index contributed by atoms with van der Waals surface area (Å²) in [6.45, 7) is 2.26. The molecule has 0 amide bonds. The number of aryl methyl sites for hydroxylation is 1. The van der Waals surface area contributed by atoms with Crippen LogP contribution in [0.5, 0.6) is 5.75 Å². The van der Waals surface area contributed by atoms with E-state index in [9.17, 15) is 4.79 Å². The van der Waals surface area contributed by atoms with Crippen molar-refractivity contribution in [2.75, 3.05) is 0 Å². The first kappa shape index (κ1) is 14.9. The summed E-state index contributed by atoms with van der Waals surface area (Å²) < 4.78 is 5.71. The lowest BCUT2D eigenvalue weighted by atomic mass is 10.1. The van der Waals surface area contributed by atoms with Crippen molar-refractivity contribution in [1.29, 1.82) is 0 Å². The molecule has 0 bridgehead atoms. The van der Waals surface area contributed by atoms with E-state index in [0.717, 1.165) is 11.3 Å². The van der Waals surface area contributed by atoms with Gasteiger partial charge in [0.25, 0.3) is 0 Å². The average Bonchev–Trinajstić information content (AvgIpc) is 2.61. The maximum absolute atomic E-state index is 12.4. The van der Waals surface area contributed by atoms with Crippen LogP contribution in [0.25, 0.3) is 0 Å². The normalized spacial score (nSPS) is 10.3. The molecular weight excluding hydrogens is 288 g/mol. The molecule has 0 saturated heterocycles. The van der Waals surface area contributed by atoms with Crippen molar-refractivity contribution >= 4 is 5.78 Å². The number of nitrogens with zero attached hydrogens (tertiary/aromatic N) is 2. The van der Waals surface area contributed by atoms with Gasteiger partial charge in [0.15, 0.2) is 0 Å². The quantitative estimate of drug-likeness (QED) is 0.676. The fraction of sp³-hybridized carbons (Fsp3) is 0.105. The minimum atomic E-state index is -0.120. The highest BCUT2D eigenvalue weighted by molar-refractivity contribution is 6.07. The van der Waals surface area contributed by atoms with Gasteiger partial charge >= 0.3 is 0 Å². The van der Waals surface area contributed by atoms with Crippen molar-refractivity contribution in [2.24, 2.45) is 0 Å². The second-order valence-corrected chi connectivity index (χ2v) is 5.12. The van der Waals surface area contributed by atoms with Gasteiger partial charge in [0.2, 0.25) is 5.78 Å². The molecule has 0 saturated carbocycles. The predicted molar refractivity (Wildman–Crippen MR) is 87.4 cm³/mol. The summed E-state index contributed by atoms with van der Waals surface area (Å²) in [4.78, 5) is 20.5. The number of rotatable bonds is 5. The molecule has 0 aliphatic rings. The van der Waals surface area contributed by atoms with E-state index in [-0.39, 0.29) is 5.78 Å². The van der Waals surface area contributed by atoms with Crippen molar-refractivity contribution < 1.29 is 9.53 Å². The van der Waals surface area contributed by atoms with E-state index in [1.807, 2.05) is 30.3 Å². The summed E-state index contributed by atoms with van der Waals surface area (Å²) in [6, 6.07) is 18.7. The van der Waals surface area contributed by atoms with Gasteiger partial charge in [-0.2, -0.15) is 0 Å². The van der Waals surface area contributed by atoms with Crippen LogP contribution in [0.2, 0.25) is 0 Å². The molecule has 0 radical (unpaired) electrons. The molecule has 0 aliphatic heterocycles. The Morgan fingerprint density at radius 2 is 1.74 bits per heavy atom. The smallest absolute Gasteiger partial charge is 0.211 e. The molecule has 3 aromatic rings. The third-order valence-electron chi connectivity index (χ3n) is 3.37. The maximum Gasteiger partial charge on any atom is 0.211 e. The minimum absolute atomic E-state index is 0.120. The van der Waals surface area contributed by atoms with Gasteiger partial charge in [0, 0.05) is 11.8 Å². The lowest BCUT2D eigenvalue weighted by Crippen LogP contribution is -2.05. The van der Waals surface area contributed by atoms with Gasteiger partial charge in [-0.15, -0.1) is 0 Å². The van der Waals surface area contributed by atoms with E-state index in [2.05, 4.69) is 9.97 Å². The minimum Gasteiger partial charge on any atom is -0.489 e. The number of hydrogen-bond acceptors (Lipinski definition) is 4. The van der Waals surface area contributed by atoms with Gasteiger partial charge < -0.3 is 4.74 Å². The number of carbonyl (C=O) groups excluding carboxylic acids is 1. The SMILES string of the molecule is Cc1nccc(C(=O)c2ccc(OCc3ccccc3)cc2)n1. The lowest BCUT2D eigenvalue weighted by molar-refractivity contribution is 0.103. The standard InChI is InChI=1S/C19H16N2O2/c1-14-20-12-11-18(21-14)19(22)16-7-9-17(10-8-16)23-13-15-5-3-2-4-6-15/h2-12H,13H2,1H3. The Bertz CT molecular complexity index is 799. The largest absolute Gasteiger partial charge is 0.489 e. The van der Waals surface area contributed by atoms with Crippen LogP contribution in [-0.2, 0) is 6.61 Å². The Morgan fingerprint density at radius 3 is 2.43 bits per heavy atom. The maximum atomic E-state index is 12.4. The Morgan fingerprint density at radius 1 is 1.00 bits per heavy atom. The average molecular weight is 304 g/mol. The second-order valence-electron chi connectivity index (χ2n) is 5.12. The topological polar surface area (TPSA) is 52.1 Å². The van der Waals surface area contributed by atoms with E-state index < -0.39 is 0 Å². The van der Waals surface area contributed by atoms with E-state index in [4.69, 9.17) is 4.74 Å². The molecule has 2 aromatic carbocycles. The van der Waals surface area contributed by atoms with Gasteiger partial charge in [0.1, 0.15) is 23.9 Å².